The van der Waals surface area contributed by atoms with Crippen molar-refractivity contribution in [1.82, 2.24) is 10.3 Å². The normalized spacial score (nSPS) is 12.0. The SMILES string of the molecule is CC(NC(=O)c1ncccc1Br)c1ccc(Cl)cc1Cl. The van der Waals surface area contributed by atoms with Gasteiger partial charge in [-0.25, -0.2) is 4.98 Å². The number of carbonyl (C=O) groups is 1. The molecule has 1 atom stereocenters. The summed E-state index contributed by atoms with van der Waals surface area (Å²) in [7, 11) is 0. The lowest BCUT2D eigenvalue weighted by molar-refractivity contribution is 0.0934. The second-order valence-corrected chi connectivity index (χ2v) is 5.89. The van der Waals surface area contributed by atoms with E-state index in [2.05, 4.69) is 26.2 Å². The van der Waals surface area contributed by atoms with Crippen LogP contribution < -0.4 is 5.32 Å². The molecular weight excluding hydrogens is 363 g/mol. The number of aromatic nitrogens is 1. The van der Waals surface area contributed by atoms with Crippen molar-refractivity contribution in [1.29, 1.82) is 0 Å². The van der Waals surface area contributed by atoms with Crippen molar-refractivity contribution < 1.29 is 4.79 Å². The van der Waals surface area contributed by atoms with Gasteiger partial charge in [0.25, 0.3) is 5.91 Å². The Kier molecular flexibility index (Phi) is 5.02. The van der Waals surface area contributed by atoms with Crippen molar-refractivity contribution >= 4 is 45.0 Å². The highest BCUT2D eigenvalue weighted by Crippen LogP contribution is 2.26. The molecule has 6 heteroatoms. The van der Waals surface area contributed by atoms with Gasteiger partial charge in [-0.2, -0.15) is 0 Å². The minimum Gasteiger partial charge on any atom is -0.344 e. The van der Waals surface area contributed by atoms with Gasteiger partial charge in [0.1, 0.15) is 5.69 Å². The van der Waals surface area contributed by atoms with Crippen molar-refractivity contribution in [2.45, 2.75) is 13.0 Å². The van der Waals surface area contributed by atoms with E-state index in [1.807, 2.05) is 6.92 Å². The highest BCUT2D eigenvalue weighted by molar-refractivity contribution is 9.10. The van der Waals surface area contributed by atoms with E-state index in [0.29, 0.717) is 20.2 Å². The van der Waals surface area contributed by atoms with Gasteiger partial charge in [-0.3, -0.25) is 4.79 Å². The lowest BCUT2D eigenvalue weighted by atomic mass is 10.1. The minimum absolute atomic E-state index is 0.249. The number of nitrogens with one attached hydrogen (secondary N) is 1. The Morgan fingerprint density at radius 3 is 2.75 bits per heavy atom. The maximum absolute atomic E-state index is 12.2. The summed E-state index contributed by atoms with van der Waals surface area (Å²) in [5, 5.41) is 3.93. The molecule has 0 bridgehead atoms. The first-order valence-corrected chi connectivity index (χ1v) is 7.40. The fourth-order valence-corrected chi connectivity index (χ4v) is 2.76. The number of benzene rings is 1. The summed E-state index contributed by atoms with van der Waals surface area (Å²) in [4.78, 5) is 16.2. The van der Waals surface area contributed by atoms with Crippen LogP contribution in [0.15, 0.2) is 41.0 Å². The van der Waals surface area contributed by atoms with Gasteiger partial charge in [0.05, 0.1) is 6.04 Å². The number of pyridine rings is 1. The molecule has 1 aromatic carbocycles. The number of halogens is 3. The maximum Gasteiger partial charge on any atom is 0.271 e. The lowest BCUT2D eigenvalue weighted by Crippen LogP contribution is -2.27. The van der Waals surface area contributed by atoms with E-state index in [-0.39, 0.29) is 11.9 Å². The highest BCUT2D eigenvalue weighted by Gasteiger charge is 2.16. The molecule has 2 rings (SSSR count). The van der Waals surface area contributed by atoms with Gasteiger partial charge in [-0.15, -0.1) is 0 Å². The van der Waals surface area contributed by atoms with Crippen LogP contribution in [-0.4, -0.2) is 10.9 Å². The van der Waals surface area contributed by atoms with Gasteiger partial charge >= 0.3 is 0 Å². The van der Waals surface area contributed by atoms with Crippen molar-refractivity contribution in [3.63, 3.8) is 0 Å². The average molecular weight is 374 g/mol. The van der Waals surface area contributed by atoms with E-state index in [4.69, 9.17) is 23.2 Å². The van der Waals surface area contributed by atoms with E-state index in [9.17, 15) is 4.79 Å². The molecule has 0 aliphatic carbocycles. The van der Waals surface area contributed by atoms with E-state index in [1.165, 1.54) is 0 Å². The van der Waals surface area contributed by atoms with Crippen LogP contribution >= 0.6 is 39.1 Å². The molecule has 1 aromatic heterocycles. The van der Waals surface area contributed by atoms with Crippen molar-refractivity contribution in [3.8, 4) is 0 Å². The van der Waals surface area contributed by atoms with Crippen LogP contribution in [0.2, 0.25) is 10.0 Å². The van der Waals surface area contributed by atoms with Crippen molar-refractivity contribution in [2.24, 2.45) is 0 Å². The van der Waals surface area contributed by atoms with Crippen molar-refractivity contribution in [3.05, 3.63) is 62.3 Å². The summed E-state index contributed by atoms with van der Waals surface area (Å²) in [5.74, 6) is -0.268. The Balaban J connectivity index is 2.17. The zero-order chi connectivity index (χ0) is 14.7. The summed E-state index contributed by atoms with van der Waals surface area (Å²) < 4.78 is 0.645. The largest absolute Gasteiger partial charge is 0.344 e. The zero-order valence-electron chi connectivity index (χ0n) is 10.5. The summed E-state index contributed by atoms with van der Waals surface area (Å²) in [6.45, 7) is 1.85. The predicted molar refractivity (Wildman–Crippen MR) is 84.3 cm³/mol. The molecule has 0 fully saturated rings. The van der Waals surface area contributed by atoms with Gasteiger partial charge in [0.2, 0.25) is 0 Å². The molecule has 20 heavy (non-hydrogen) atoms. The molecular formula is C14H11BrCl2N2O. The molecule has 0 saturated carbocycles. The molecule has 1 unspecified atom stereocenters. The predicted octanol–water partition coefficient (Wildman–Crippen LogP) is 4.64. The van der Waals surface area contributed by atoms with Gasteiger partial charge < -0.3 is 5.32 Å². The monoisotopic (exact) mass is 372 g/mol. The first kappa shape index (κ1) is 15.3. The van der Waals surface area contributed by atoms with Crippen LogP contribution in [0.4, 0.5) is 0 Å². The molecule has 3 nitrogen and oxygen atoms in total. The van der Waals surface area contributed by atoms with E-state index < -0.39 is 0 Å². The highest BCUT2D eigenvalue weighted by atomic mass is 79.9. The van der Waals surface area contributed by atoms with Crippen molar-refractivity contribution in [2.75, 3.05) is 0 Å². The fraction of sp³-hybridized carbons (Fsp3) is 0.143. The molecule has 0 spiro atoms. The van der Waals surface area contributed by atoms with Gasteiger partial charge in [0.15, 0.2) is 0 Å². The Bertz CT molecular complexity index is 649. The Labute approximate surface area is 135 Å². The Morgan fingerprint density at radius 2 is 2.10 bits per heavy atom. The second kappa shape index (κ2) is 6.57. The number of hydrogen-bond donors (Lipinski definition) is 1. The quantitative estimate of drug-likeness (QED) is 0.851. The number of nitrogens with zero attached hydrogens (tertiary/aromatic N) is 1. The summed E-state index contributed by atoms with van der Waals surface area (Å²) >= 11 is 15.3. The first-order valence-electron chi connectivity index (χ1n) is 5.85. The van der Waals surface area contributed by atoms with E-state index >= 15 is 0 Å². The number of hydrogen-bond acceptors (Lipinski definition) is 2. The van der Waals surface area contributed by atoms with Crippen LogP contribution in [0, 0.1) is 0 Å². The molecule has 104 valence electrons. The van der Waals surface area contributed by atoms with Gasteiger partial charge in [-0.1, -0.05) is 29.3 Å². The molecule has 1 amide bonds. The van der Waals surface area contributed by atoms with Crippen LogP contribution in [0.5, 0.6) is 0 Å². The topological polar surface area (TPSA) is 42.0 Å². The summed E-state index contributed by atoms with van der Waals surface area (Å²) in [6, 6.07) is 8.45. The van der Waals surface area contributed by atoms with Crippen LogP contribution in [0.1, 0.15) is 29.0 Å². The second-order valence-electron chi connectivity index (χ2n) is 4.19. The number of rotatable bonds is 3. The summed E-state index contributed by atoms with van der Waals surface area (Å²) in [6.07, 6.45) is 1.57. The van der Waals surface area contributed by atoms with E-state index in [0.717, 1.165) is 5.56 Å². The fourth-order valence-electron chi connectivity index (χ4n) is 1.75. The molecule has 0 aliphatic rings. The standard InChI is InChI=1S/C14H11BrCl2N2O/c1-8(10-5-4-9(16)7-12(10)17)19-14(20)13-11(15)3-2-6-18-13/h2-8H,1H3,(H,19,20). The lowest BCUT2D eigenvalue weighted by Gasteiger charge is -2.16. The molecule has 0 saturated heterocycles. The molecule has 1 heterocycles. The first-order chi connectivity index (χ1) is 9.49. The van der Waals surface area contributed by atoms with Crippen LogP contribution in [0.3, 0.4) is 0 Å². The smallest absolute Gasteiger partial charge is 0.271 e. The Morgan fingerprint density at radius 1 is 1.35 bits per heavy atom. The third-order valence-corrected chi connectivity index (χ3v) is 3.95. The molecule has 0 radical (unpaired) electrons. The zero-order valence-corrected chi connectivity index (χ0v) is 13.6. The van der Waals surface area contributed by atoms with Crippen LogP contribution in [-0.2, 0) is 0 Å². The van der Waals surface area contributed by atoms with E-state index in [1.54, 1.807) is 36.5 Å². The van der Waals surface area contributed by atoms with Gasteiger partial charge in [0, 0.05) is 20.7 Å². The molecule has 1 N–H and O–H groups in total. The third-order valence-electron chi connectivity index (χ3n) is 2.75. The number of amides is 1. The molecule has 0 aliphatic heterocycles. The van der Waals surface area contributed by atoms with Gasteiger partial charge in [-0.05, 0) is 52.7 Å². The average Bonchev–Trinajstić information content (AvgIpc) is 2.38. The molecule has 2 aromatic rings. The maximum atomic E-state index is 12.2. The third kappa shape index (κ3) is 3.51. The van der Waals surface area contributed by atoms with Crippen LogP contribution in [0.25, 0.3) is 0 Å². The minimum atomic E-state index is -0.268. The summed E-state index contributed by atoms with van der Waals surface area (Å²) in [5.41, 5.74) is 1.14. The number of carbonyl (C=O) groups excluding carboxylic acids is 1. The Hall–Kier alpha value is -1.10.